The summed E-state index contributed by atoms with van der Waals surface area (Å²) < 4.78 is 5.48. The SMILES string of the molecule is CC(C)CCOC(=O)c1ccc2cc(-c3ccccc3[P+](C)(c3ccccc3)c3ccccc3)ccc2c1. The van der Waals surface area contributed by atoms with Gasteiger partial charge in [-0.25, -0.2) is 4.79 Å². The smallest absolute Gasteiger partial charge is 0.338 e. The third-order valence-electron chi connectivity index (χ3n) is 7.25. The molecule has 0 bridgehead atoms. The Kier molecular flexibility index (Phi) is 7.72. The molecule has 0 aliphatic heterocycles. The Morgan fingerprint density at radius 1 is 0.711 bits per heavy atom. The van der Waals surface area contributed by atoms with Crippen molar-refractivity contribution in [3.8, 4) is 11.1 Å². The Morgan fingerprint density at radius 2 is 1.29 bits per heavy atom. The highest BCUT2D eigenvalue weighted by Crippen LogP contribution is 2.53. The maximum atomic E-state index is 12.6. The first-order chi connectivity index (χ1) is 18.5. The minimum atomic E-state index is -1.89. The van der Waals surface area contributed by atoms with E-state index in [1.165, 1.54) is 27.0 Å². The summed E-state index contributed by atoms with van der Waals surface area (Å²) in [5.74, 6) is 0.252. The van der Waals surface area contributed by atoms with Gasteiger partial charge in [-0.05, 0) is 77.2 Å². The number of rotatable bonds is 8. The van der Waals surface area contributed by atoms with Gasteiger partial charge < -0.3 is 4.74 Å². The largest absolute Gasteiger partial charge is 0.462 e. The van der Waals surface area contributed by atoms with Gasteiger partial charge in [0.2, 0.25) is 0 Å². The maximum absolute atomic E-state index is 12.6. The predicted molar refractivity (Wildman–Crippen MR) is 164 cm³/mol. The second-order valence-electron chi connectivity index (χ2n) is 10.3. The van der Waals surface area contributed by atoms with E-state index in [-0.39, 0.29) is 5.97 Å². The normalized spacial score (nSPS) is 11.6. The fraction of sp³-hybridized carbons (Fsp3) is 0.171. The quantitative estimate of drug-likeness (QED) is 0.156. The molecule has 0 spiro atoms. The lowest BCUT2D eigenvalue weighted by molar-refractivity contribution is 0.0488. The molecule has 0 saturated carbocycles. The van der Waals surface area contributed by atoms with E-state index >= 15 is 0 Å². The van der Waals surface area contributed by atoms with Crippen LogP contribution in [0.5, 0.6) is 0 Å². The van der Waals surface area contributed by atoms with Crippen molar-refractivity contribution in [3.63, 3.8) is 0 Å². The molecule has 190 valence electrons. The lowest BCUT2D eigenvalue weighted by Crippen LogP contribution is -2.31. The molecule has 0 fully saturated rings. The molecular weight excluding hydrogens is 483 g/mol. The van der Waals surface area contributed by atoms with E-state index in [2.05, 4.69) is 124 Å². The van der Waals surface area contributed by atoms with E-state index in [9.17, 15) is 4.79 Å². The van der Waals surface area contributed by atoms with Crippen molar-refractivity contribution in [1.82, 2.24) is 0 Å². The van der Waals surface area contributed by atoms with Crippen LogP contribution in [0.2, 0.25) is 0 Å². The van der Waals surface area contributed by atoms with Gasteiger partial charge in [-0.3, -0.25) is 0 Å². The molecule has 5 aromatic rings. The van der Waals surface area contributed by atoms with Gasteiger partial charge in [-0.1, -0.05) is 86.6 Å². The zero-order valence-corrected chi connectivity index (χ0v) is 23.2. The second-order valence-corrected chi connectivity index (χ2v) is 13.8. The average Bonchev–Trinajstić information content (AvgIpc) is 2.97. The molecule has 5 aromatic carbocycles. The molecule has 0 heterocycles. The first-order valence-electron chi connectivity index (χ1n) is 13.3. The molecule has 0 aliphatic carbocycles. The number of esters is 1. The van der Waals surface area contributed by atoms with Crippen molar-refractivity contribution in [1.29, 1.82) is 0 Å². The van der Waals surface area contributed by atoms with Crippen molar-refractivity contribution in [2.45, 2.75) is 20.3 Å². The molecule has 0 N–H and O–H groups in total. The van der Waals surface area contributed by atoms with Crippen LogP contribution in [-0.4, -0.2) is 19.2 Å². The monoisotopic (exact) mass is 517 g/mol. The molecule has 0 radical (unpaired) electrons. The fourth-order valence-electron chi connectivity index (χ4n) is 5.00. The van der Waals surface area contributed by atoms with Crippen LogP contribution < -0.4 is 15.9 Å². The van der Waals surface area contributed by atoms with Crippen LogP contribution >= 0.6 is 7.26 Å². The number of fused-ring (bicyclic) bond motifs is 1. The van der Waals surface area contributed by atoms with E-state index in [1.54, 1.807) is 0 Å². The Labute approximate surface area is 226 Å². The third-order valence-corrected chi connectivity index (χ3v) is 11.3. The zero-order chi connectivity index (χ0) is 26.5. The Bertz CT molecular complexity index is 1500. The molecular formula is C35H34O2P+. The van der Waals surface area contributed by atoms with Crippen molar-refractivity contribution < 1.29 is 9.53 Å². The summed E-state index contributed by atoms with van der Waals surface area (Å²) in [5, 5.41) is 6.23. The number of ether oxygens (including phenoxy) is 1. The third kappa shape index (κ3) is 5.28. The molecule has 0 aliphatic rings. The molecule has 0 amide bonds. The van der Waals surface area contributed by atoms with Gasteiger partial charge in [0, 0.05) is 5.56 Å². The number of hydrogen-bond donors (Lipinski definition) is 0. The standard InChI is InChI=1S/C35H34O2P/c1-26(2)22-23-37-35(36)30-21-19-27-24-29(20-18-28(27)25-30)33-16-10-11-17-34(33)38(3,31-12-6-4-7-13-31)32-14-8-5-9-15-32/h4-21,24-26H,22-23H2,1-3H3/q+1. The van der Waals surface area contributed by atoms with Gasteiger partial charge in [0.15, 0.2) is 0 Å². The van der Waals surface area contributed by atoms with E-state index in [0.717, 1.165) is 17.2 Å². The van der Waals surface area contributed by atoms with Crippen molar-refractivity contribution in [2.75, 3.05) is 13.3 Å². The van der Waals surface area contributed by atoms with Gasteiger partial charge in [-0.2, -0.15) is 0 Å². The van der Waals surface area contributed by atoms with Crippen molar-refractivity contribution in [2.24, 2.45) is 5.92 Å². The van der Waals surface area contributed by atoms with Crippen LogP contribution in [0.25, 0.3) is 21.9 Å². The molecule has 5 rings (SSSR count). The summed E-state index contributed by atoms with van der Waals surface area (Å²) in [5.41, 5.74) is 3.02. The first kappa shape index (κ1) is 25.9. The summed E-state index contributed by atoms with van der Waals surface area (Å²) in [7, 11) is -1.89. The van der Waals surface area contributed by atoms with Crippen LogP contribution in [-0.2, 0) is 4.74 Å². The topological polar surface area (TPSA) is 26.3 Å². The molecule has 0 unspecified atom stereocenters. The second kappa shape index (κ2) is 11.3. The number of hydrogen-bond acceptors (Lipinski definition) is 2. The lowest BCUT2D eigenvalue weighted by Gasteiger charge is -2.25. The van der Waals surface area contributed by atoms with Crippen LogP contribution in [0.4, 0.5) is 0 Å². The number of carbonyl (C=O) groups excluding carboxylic acids is 1. The Hall–Kier alpha value is -3.74. The fourth-order valence-corrected chi connectivity index (χ4v) is 8.46. The number of carbonyl (C=O) groups is 1. The van der Waals surface area contributed by atoms with E-state index in [4.69, 9.17) is 4.74 Å². The Morgan fingerprint density at radius 3 is 1.95 bits per heavy atom. The minimum absolute atomic E-state index is 0.256. The van der Waals surface area contributed by atoms with Gasteiger partial charge in [0.05, 0.1) is 18.8 Å². The summed E-state index contributed by atoms with van der Waals surface area (Å²) in [4.78, 5) is 12.6. The van der Waals surface area contributed by atoms with Crippen molar-refractivity contribution in [3.05, 3.63) is 127 Å². The van der Waals surface area contributed by atoms with Gasteiger partial charge in [0.1, 0.15) is 23.2 Å². The molecule has 3 heteroatoms. The minimum Gasteiger partial charge on any atom is -0.462 e. The van der Waals surface area contributed by atoms with Crippen molar-refractivity contribution >= 4 is 39.9 Å². The summed E-state index contributed by atoms with van der Waals surface area (Å²) in [6.45, 7) is 7.14. The summed E-state index contributed by atoms with van der Waals surface area (Å²) >= 11 is 0. The maximum Gasteiger partial charge on any atom is 0.338 e. The van der Waals surface area contributed by atoms with Crippen LogP contribution in [0, 0.1) is 5.92 Å². The molecule has 0 saturated heterocycles. The zero-order valence-electron chi connectivity index (χ0n) is 22.3. The number of benzene rings is 5. The molecule has 0 atom stereocenters. The molecule has 0 aromatic heterocycles. The highest BCUT2D eigenvalue weighted by molar-refractivity contribution is 7.95. The summed E-state index contributed by atoms with van der Waals surface area (Å²) in [6, 6.07) is 43.0. The molecule has 38 heavy (non-hydrogen) atoms. The summed E-state index contributed by atoms with van der Waals surface area (Å²) in [6.07, 6.45) is 0.871. The van der Waals surface area contributed by atoms with Crippen LogP contribution in [0.15, 0.2) is 121 Å². The first-order valence-corrected chi connectivity index (χ1v) is 15.5. The predicted octanol–water partition coefficient (Wildman–Crippen LogP) is 7.63. The van der Waals surface area contributed by atoms with E-state index < -0.39 is 7.26 Å². The van der Waals surface area contributed by atoms with Gasteiger partial charge in [0.25, 0.3) is 0 Å². The average molecular weight is 518 g/mol. The molecule has 2 nitrogen and oxygen atoms in total. The van der Waals surface area contributed by atoms with Gasteiger partial charge in [-0.15, -0.1) is 0 Å². The van der Waals surface area contributed by atoms with Crippen LogP contribution in [0.1, 0.15) is 30.6 Å². The Balaban J connectivity index is 1.55. The van der Waals surface area contributed by atoms with Crippen LogP contribution in [0.3, 0.4) is 0 Å². The highest BCUT2D eigenvalue weighted by Gasteiger charge is 2.41. The van der Waals surface area contributed by atoms with E-state index in [1.807, 2.05) is 18.2 Å². The van der Waals surface area contributed by atoms with E-state index in [0.29, 0.717) is 18.1 Å². The van der Waals surface area contributed by atoms with Gasteiger partial charge >= 0.3 is 5.97 Å². The highest BCUT2D eigenvalue weighted by atomic mass is 31.2. The lowest BCUT2D eigenvalue weighted by atomic mass is 10.00.